The number of hydrogen-bond donors (Lipinski definition) is 1. The zero-order valence-corrected chi connectivity index (χ0v) is 16.7. The molecule has 0 radical (unpaired) electrons. The molecule has 0 unspecified atom stereocenters. The number of furan rings is 1. The number of hydrogen-bond acceptors (Lipinski definition) is 9. The number of pyridine rings is 1. The standard InChI is InChI=1S/C21H20N6O3/c1-13(15-7-4-5-9-22-15)24-20-23-12-14(19(27-20)17-8-6-10-30-17)16-11-18(28-2)26-21(25-16)29-3/h4-13H,1-3H3,(H,23,24,27)/t13-/m1/s1. The van der Waals surface area contributed by atoms with Crippen LogP contribution >= 0.6 is 0 Å². The monoisotopic (exact) mass is 404 g/mol. The van der Waals surface area contributed by atoms with Crippen LogP contribution in [0.3, 0.4) is 0 Å². The van der Waals surface area contributed by atoms with Gasteiger partial charge in [-0.25, -0.2) is 9.97 Å². The maximum atomic E-state index is 5.60. The second-order valence-electron chi connectivity index (χ2n) is 6.34. The lowest BCUT2D eigenvalue weighted by Crippen LogP contribution is -2.11. The molecule has 9 heteroatoms. The molecular weight excluding hydrogens is 384 g/mol. The third-order valence-corrected chi connectivity index (χ3v) is 4.37. The van der Waals surface area contributed by atoms with Gasteiger partial charge in [0.2, 0.25) is 11.8 Å². The van der Waals surface area contributed by atoms with E-state index in [9.17, 15) is 0 Å². The summed E-state index contributed by atoms with van der Waals surface area (Å²) in [4.78, 5) is 22.1. The molecule has 4 rings (SSSR count). The Balaban J connectivity index is 1.75. The SMILES string of the molecule is COc1cc(-c2cnc(N[C@H](C)c3ccccn3)nc2-c2ccco2)nc(OC)n1. The first-order valence-electron chi connectivity index (χ1n) is 9.23. The molecule has 0 fully saturated rings. The van der Waals surface area contributed by atoms with E-state index in [0.717, 1.165) is 5.69 Å². The van der Waals surface area contributed by atoms with Crippen LogP contribution in [0.5, 0.6) is 11.9 Å². The molecule has 0 bridgehead atoms. The van der Waals surface area contributed by atoms with Crippen LogP contribution in [0.4, 0.5) is 5.95 Å². The summed E-state index contributed by atoms with van der Waals surface area (Å²) in [5.41, 5.74) is 2.66. The number of anilines is 1. The Morgan fingerprint density at radius 3 is 2.60 bits per heavy atom. The van der Waals surface area contributed by atoms with Crippen molar-refractivity contribution in [1.82, 2.24) is 24.9 Å². The van der Waals surface area contributed by atoms with Crippen LogP contribution in [0.2, 0.25) is 0 Å². The van der Waals surface area contributed by atoms with Crippen LogP contribution in [0.15, 0.2) is 59.5 Å². The molecule has 0 aliphatic carbocycles. The number of methoxy groups -OCH3 is 2. The number of aromatic nitrogens is 5. The van der Waals surface area contributed by atoms with Gasteiger partial charge in [0.25, 0.3) is 0 Å². The van der Waals surface area contributed by atoms with E-state index >= 15 is 0 Å². The quantitative estimate of drug-likeness (QED) is 0.492. The molecule has 1 N–H and O–H groups in total. The molecule has 30 heavy (non-hydrogen) atoms. The molecule has 9 nitrogen and oxygen atoms in total. The lowest BCUT2D eigenvalue weighted by Gasteiger charge is -2.15. The summed E-state index contributed by atoms with van der Waals surface area (Å²) in [5, 5.41) is 3.28. The Morgan fingerprint density at radius 1 is 1.00 bits per heavy atom. The van der Waals surface area contributed by atoms with Crippen LogP contribution in [0.25, 0.3) is 22.7 Å². The van der Waals surface area contributed by atoms with Gasteiger partial charge in [-0.05, 0) is 31.2 Å². The smallest absolute Gasteiger partial charge is 0.320 e. The van der Waals surface area contributed by atoms with Crippen LogP contribution < -0.4 is 14.8 Å². The van der Waals surface area contributed by atoms with Crippen LogP contribution in [-0.4, -0.2) is 39.1 Å². The number of ether oxygens (including phenoxy) is 2. The van der Waals surface area contributed by atoms with E-state index in [0.29, 0.717) is 34.5 Å². The number of nitrogens with zero attached hydrogens (tertiary/aromatic N) is 5. The van der Waals surface area contributed by atoms with Crippen molar-refractivity contribution in [1.29, 1.82) is 0 Å². The van der Waals surface area contributed by atoms with Crippen molar-refractivity contribution in [3.8, 4) is 34.6 Å². The largest absolute Gasteiger partial charge is 0.481 e. The van der Waals surface area contributed by atoms with Crippen LogP contribution in [0, 0.1) is 0 Å². The number of nitrogens with one attached hydrogen (secondary N) is 1. The molecule has 0 spiro atoms. The average molecular weight is 404 g/mol. The highest BCUT2D eigenvalue weighted by molar-refractivity contribution is 5.77. The zero-order chi connectivity index (χ0) is 20.9. The second kappa shape index (κ2) is 8.56. The van der Waals surface area contributed by atoms with Gasteiger partial charge >= 0.3 is 6.01 Å². The van der Waals surface area contributed by atoms with Gasteiger partial charge < -0.3 is 19.2 Å². The minimum Gasteiger partial charge on any atom is -0.481 e. The Labute approximate surface area is 173 Å². The third-order valence-electron chi connectivity index (χ3n) is 4.37. The lowest BCUT2D eigenvalue weighted by molar-refractivity contribution is 0.352. The third kappa shape index (κ3) is 4.04. The fraction of sp³-hybridized carbons (Fsp3) is 0.190. The van der Waals surface area contributed by atoms with Crippen LogP contribution in [-0.2, 0) is 0 Å². The van der Waals surface area contributed by atoms with Gasteiger partial charge in [-0.1, -0.05) is 6.07 Å². The molecule has 4 aromatic rings. The highest BCUT2D eigenvalue weighted by Crippen LogP contribution is 2.32. The van der Waals surface area contributed by atoms with E-state index in [1.54, 1.807) is 30.8 Å². The summed E-state index contributed by atoms with van der Waals surface area (Å²) >= 11 is 0. The minimum atomic E-state index is -0.0826. The Morgan fingerprint density at radius 2 is 1.90 bits per heavy atom. The van der Waals surface area contributed by atoms with Crippen molar-refractivity contribution in [2.24, 2.45) is 0 Å². The molecule has 0 aromatic carbocycles. The number of rotatable bonds is 7. The first kappa shape index (κ1) is 19.3. The molecular formula is C21H20N6O3. The first-order valence-corrected chi connectivity index (χ1v) is 9.23. The molecule has 0 aliphatic rings. The minimum absolute atomic E-state index is 0.0826. The normalized spacial score (nSPS) is 11.7. The van der Waals surface area contributed by atoms with Gasteiger partial charge in [0.05, 0.1) is 37.9 Å². The Bertz CT molecular complexity index is 1100. The zero-order valence-electron chi connectivity index (χ0n) is 16.7. The highest BCUT2D eigenvalue weighted by Gasteiger charge is 2.18. The van der Waals surface area contributed by atoms with E-state index in [2.05, 4.69) is 30.2 Å². The summed E-state index contributed by atoms with van der Waals surface area (Å²) in [6.07, 6.45) is 5.02. The topological polar surface area (TPSA) is 108 Å². The van der Waals surface area contributed by atoms with Crippen molar-refractivity contribution in [2.45, 2.75) is 13.0 Å². The summed E-state index contributed by atoms with van der Waals surface area (Å²) in [6, 6.07) is 11.2. The highest BCUT2D eigenvalue weighted by atomic mass is 16.5. The van der Waals surface area contributed by atoms with Crippen LogP contribution in [0.1, 0.15) is 18.7 Å². The van der Waals surface area contributed by atoms with E-state index < -0.39 is 0 Å². The molecule has 4 heterocycles. The van der Waals surface area contributed by atoms with Crippen molar-refractivity contribution >= 4 is 5.95 Å². The first-order chi connectivity index (χ1) is 14.7. The fourth-order valence-electron chi connectivity index (χ4n) is 2.88. The summed E-state index contributed by atoms with van der Waals surface area (Å²) < 4.78 is 16.1. The van der Waals surface area contributed by atoms with E-state index in [-0.39, 0.29) is 12.1 Å². The fourth-order valence-corrected chi connectivity index (χ4v) is 2.88. The molecule has 152 valence electrons. The Hall–Kier alpha value is -4.01. The summed E-state index contributed by atoms with van der Waals surface area (Å²) in [5.74, 6) is 1.39. The molecule has 0 amide bonds. The van der Waals surface area contributed by atoms with Gasteiger partial charge in [-0.2, -0.15) is 9.97 Å². The molecule has 0 saturated carbocycles. The molecule has 0 aliphatic heterocycles. The molecule has 1 atom stereocenters. The average Bonchev–Trinajstić information content (AvgIpc) is 3.34. The predicted octanol–water partition coefficient (Wildman–Crippen LogP) is 3.78. The molecule has 0 saturated heterocycles. The van der Waals surface area contributed by atoms with Gasteiger partial charge in [0.1, 0.15) is 5.69 Å². The van der Waals surface area contributed by atoms with Gasteiger partial charge in [-0.3, -0.25) is 4.98 Å². The lowest BCUT2D eigenvalue weighted by atomic mass is 10.1. The van der Waals surface area contributed by atoms with Gasteiger partial charge in [0, 0.05) is 24.0 Å². The van der Waals surface area contributed by atoms with Crippen molar-refractivity contribution in [3.05, 3.63) is 60.7 Å². The van der Waals surface area contributed by atoms with Crippen molar-refractivity contribution < 1.29 is 13.9 Å². The van der Waals surface area contributed by atoms with Crippen molar-refractivity contribution in [3.63, 3.8) is 0 Å². The Kier molecular flexibility index (Phi) is 5.51. The second-order valence-corrected chi connectivity index (χ2v) is 6.34. The summed E-state index contributed by atoms with van der Waals surface area (Å²) in [6.45, 7) is 1.99. The molecule has 4 aromatic heterocycles. The van der Waals surface area contributed by atoms with E-state index in [1.165, 1.54) is 14.2 Å². The maximum Gasteiger partial charge on any atom is 0.320 e. The van der Waals surface area contributed by atoms with Gasteiger partial charge in [0.15, 0.2) is 5.76 Å². The van der Waals surface area contributed by atoms with E-state index in [1.807, 2.05) is 31.2 Å². The van der Waals surface area contributed by atoms with Crippen molar-refractivity contribution in [2.75, 3.05) is 19.5 Å². The summed E-state index contributed by atoms with van der Waals surface area (Å²) in [7, 11) is 3.02. The maximum absolute atomic E-state index is 5.60. The van der Waals surface area contributed by atoms with Gasteiger partial charge in [-0.15, -0.1) is 0 Å². The predicted molar refractivity (Wildman–Crippen MR) is 110 cm³/mol. The van der Waals surface area contributed by atoms with E-state index in [4.69, 9.17) is 13.9 Å².